The molecule has 98 valence electrons. The van der Waals surface area contributed by atoms with Gasteiger partial charge < -0.3 is 10.2 Å². The normalized spacial score (nSPS) is 13.0. The van der Waals surface area contributed by atoms with E-state index in [1.807, 2.05) is 55.7 Å². The average Bonchev–Trinajstić information content (AvgIpc) is 2.79. The number of aromatic nitrogens is 2. The van der Waals surface area contributed by atoms with Crippen molar-refractivity contribution in [3.63, 3.8) is 0 Å². The van der Waals surface area contributed by atoms with E-state index in [9.17, 15) is 0 Å². The van der Waals surface area contributed by atoms with Crippen molar-refractivity contribution in [2.45, 2.75) is 6.54 Å². The molecule has 3 rings (SSSR count). The zero-order valence-corrected chi connectivity index (χ0v) is 11.6. The summed E-state index contributed by atoms with van der Waals surface area (Å²) in [6.45, 7) is 0.773. The van der Waals surface area contributed by atoms with Crippen LogP contribution in [0.1, 0.15) is 5.69 Å². The van der Waals surface area contributed by atoms with E-state index in [1.54, 1.807) is 0 Å². The number of nitrogens with one attached hydrogen (secondary N) is 1. The maximum Gasteiger partial charge on any atom is 0.210 e. The summed E-state index contributed by atoms with van der Waals surface area (Å²) in [5.74, 6) is 0.928. The number of nitrogens with zero attached hydrogens (tertiary/aromatic N) is 3. The molecule has 1 aliphatic heterocycles. The Balaban J connectivity index is 2.16. The average molecular weight is 275 g/mol. The van der Waals surface area contributed by atoms with Gasteiger partial charge in [0.2, 0.25) is 5.95 Å². The van der Waals surface area contributed by atoms with E-state index in [4.69, 9.17) is 16.6 Å². The highest BCUT2D eigenvalue weighted by molar-refractivity contribution is 6.30. The van der Waals surface area contributed by atoms with E-state index in [-0.39, 0.29) is 0 Å². The molecule has 1 aromatic carbocycles. The van der Waals surface area contributed by atoms with Crippen molar-refractivity contribution in [2.24, 2.45) is 0 Å². The largest absolute Gasteiger partial charge is 0.384 e. The molecule has 4 nitrogen and oxygen atoms in total. The Hall–Kier alpha value is -1.94. The fourth-order valence-corrected chi connectivity index (χ4v) is 2.34. The summed E-state index contributed by atoms with van der Waals surface area (Å²) < 4.78 is 2.11. The summed E-state index contributed by atoms with van der Waals surface area (Å²) in [4.78, 5) is 6.76. The predicted octanol–water partition coefficient (Wildman–Crippen LogP) is 2.80. The Kier molecular flexibility index (Phi) is 2.95. The first-order chi connectivity index (χ1) is 9.16. The fraction of sp³-hybridized carbons (Fsp3) is 0.214. The lowest BCUT2D eigenvalue weighted by Crippen LogP contribution is -2.18. The number of imidazole rings is 1. The Morgan fingerprint density at radius 3 is 2.68 bits per heavy atom. The molecule has 0 unspecified atom stereocenters. The van der Waals surface area contributed by atoms with Crippen LogP contribution in [-0.4, -0.2) is 23.6 Å². The molecule has 19 heavy (non-hydrogen) atoms. The van der Waals surface area contributed by atoms with Gasteiger partial charge in [0, 0.05) is 37.1 Å². The van der Waals surface area contributed by atoms with E-state index in [0.717, 1.165) is 34.5 Å². The topological polar surface area (TPSA) is 33.1 Å². The number of fused-ring (bicyclic) bond motifs is 1. The summed E-state index contributed by atoms with van der Waals surface area (Å²) in [7, 11) is 3.99. The maximum atomic E-state index is 5.94. The van der Waals surface area contributed by atoms with Gasteiger partial charge in [-0.25, -0.2) is 4.98 Å². The molecular formula is C14H15ClN4. The Morgan fingerprint density at radius 1 is 1.26 bits per heavy atom. The van der Waals surface area contributed by atoms with Crippen LogP contribution in [0.2, 0.25) is 5.02 Å². The van der Waals surface area contributed by atoms with Gasteiger partial charge in [-0.2, -0.15) is 0 Å². The molecule has 1 N–H and O–H groups in total. The molecule has 0 spiro atoms. The number of anilines is 1. The molecule has 0 saturated carbocycles. The molecule has 2 heterocycles. The lowest BCUT2D eigenvalue weighted by Gasteiger charge is -2.16. The number of halogens is 1. The van der Waals surface area contributed by atoms with Gasteiger partial charge in [-0.3, -0.25) is 4.57 Å². The molecule has 0 aliphatic carbocycles. The molecule has 0 amide bonds. The van der Waals surface area contributed by atoms with Gasteiger partial charge in [0.15, 0.2) is 0 Å². The fourth-order valence-electron chi connectivity index (χ4n) is 2.22. The van der Waals surface area contributed by atoms with Gasteiger partial charge in [0.25, 0.3) is 0 Å². The third-order valence-corrected chi connectivity index (χ3v) is 3.37. The quantitative estimate of drug-likeness (QED) is 0.914. The predicted molar refractivity (Wildman–Crippen MR) is 79.2 cm³/mol. The Bertz CT molecular complexity index is 626. The monoisotopic (exact) mass is 274 g/mol. The first-order valence-corrected chi connectivity index (χ1v) is 6.49. The molecule has 1 aliphatic rings. The molecular weight excluding hydrogens is 260 g/mol. The minimum atomic E-state index is 0.739. The lowest BCUT2D eigenvalue weighted by molar-refractivity contribution is 0.785. The van der Waals surface area contributed by atoms with Gasteiger partial charge in [0.1, 0.15) is 0 Å². The van der Waals surface area contributed by atoms with Crippen LogP contribution in [0.3, 0.4) is 0 Å². The summed E-state index contributed by atoms with van der Waals surface area (Å²) in [6, 6.07) is 7.79. The first kappa shape index (κ1) is 12.1. The highest BCUT2D eigenvalue weighted by atomic mass is 35.5. The molecule has 2 aromatic rings. The van der Waals surface area contributed by atoms with E-state index >= 15 is 0 Å². The second-order valence-electron chi connectivity index (χ2n) is 4.68. The van der Waals surface area contributed by atoms with Crippen molar-refractivity contribution in [3.05, 3.63) is 41.2 Å². The molecule has 5 heteroatoms. The lowest BCUT2D eigenvalue weighted by atomic mass is 10.1. The minimum Gasteiger partial charge on any atom is -0.384 e. The second kappa shape index (κ2) is 4.63. The Labute approximate surface area is 117 Å². The van der Waals surface area contributed by atoms with E-state index in [1.165, 1.54) is 0 Å². The number of hydrogen-bond acceptors (Lipinski definition) is 3. The molecule has 1 aromatic heterocycles. The first-order valence-electron chi connectivity index (χ1n) is 6.11. The summed E-state index contributed by atoms with van der Waals surface area (Å²) in [6.07, 6.45) is 3.94. The van der Waals surface area contributed by atoms with Crippen molar-refractivity contribution in [2.75, 3.05) is 19.0 Å². The summed E-state index contributed by atoms with van der Waals surface area (Å²) in [5.41, 5.74) is 3.24. The maximum absolute atomic E-state index is 5.94. The smallest absolute Gasteiger partial charge is 0.210 e. The number of hydrogen-bond donors (Lipinski definition) is 1. The molecule has 0 radical (unpaired) electrons. The van der Waals surface area contributed by atoms with Gasteiger partial charge in [-0.1, -0.05) is 23.7 Å². The summed E-state index contributed by atoms with van der Waals surface area (Å²) in [5, 5.41) is 3.97. The highest BCUT2D eigenvalue weighted by Gasteiger charge is 2.19. The van der Waals surface area contributed by atoms with Gasteiger partial charge >= 0.3 is 0 Å². The second-order valence-corrected chi connectivity index (χ2v) is 5.11. The van der Waals surface area contributed by atoms with Crippen molar-refractivity contribution in [3.8, 4) is 11.3 Å². The van der Waals surface area contributed by atoms with Crippen LogP contribution in [0.5, 0.6) is 0 Å². The van der Waals surface area contributed by atoms with Gasteiger partial charge in [-0.05, 0) is 12.1 Å². The van der Waals surface area contributed by atoms with E-state index in [0.29, 0.717) is 0 Å². The van der Waals surface area contributed by atoms with Crippen LogP contribution in [0.25, 0.3) is 17.5 Å². The van der Waals surface area contributed by atoms with Crippen LogP contribution in [0.15, 0.2) is 30.5 Å². The van der Waals surface area contributed by atoms with Crippen LogP contribution >= 0.6 is 11.6 Å². The highest BCUT2D eigenvalue weighted by Crippen LogP contribution is 2.29. The third kappa shape index (κ3) is 2.08. The molecule has 0 bridgehead atoms. The zero-order valence-electron chi connectivity index (χ0n) is 10.9. The third-order valence-electron chi connectivity index (χ3n) is 3.12. The van der Waals surface area contributed by atoms with E-state index in [2.05, 4.69) is 9.88 Å². The van der Waals surface area contributed by atoms with Crippen LogP contribution in [0.4, 0.5) is 5.95 Å². The zero-order chi connectivity index (χ0) is 13.4. The summed E-state index contributed by atoms with van der Waals surface area (Å²) >= 11 is 5.94. The van der Waals surface area contributed by atoms with Crippen LogP contribution < -0.4 is 10.2 Å². The van der Waals surface area contributed by atoms with E-state index < -0.39 is 0 Å². The van der Waals surface area contributed by atoms with Crippen molar-refractivity contribution < 1.29 is 0 Å². The van der Waals surface area contributed by atoms with Crippen LogP contribution in [-0.2, 0) is 6.54 Å². The standard InChI is InChI=1S/C14H15ClN4/c1-18(2)14-17-13(10-3-5-11(15)6-4-10)12-9-16-7-8-19(12)14/h3-8,16H,9H2,1-2H3. The number of benzene rings is 1. The van der Waals surface area contributed by atoms with Crippen molar-refractivity contribution in [1.82, 2.24) is 14.9 Å². The minimum absolute atomic E-state index is 0.739. The van der Waals surface area contributed by atoms with Crippen molar-refractivity contribution in [1.29, 1.82) is 0 Å². The van der Waals surface area contributed by atoms with Crippen molar-refractivity contribution >= 4 is 23.7 Å². The molecule has 0 atom stereocenters. The molecule has 0 saturated heterocycles. The van der Waals surface area contributed by atoms with Gasteiger partial charge in [0.05, 0.1) is 17.9 Å². The molecule has 0 fully saturated rings. The van der Waals surface area contributed by atoms with Gasteiger partial charge in [-0.15, -0.1) is 0 Å². The number of rotatable bonds is 2. The van der Waals surface area contributed by atoms with Crippen LogP contribution in [0, 0.1) is 0 Å². The Morgan fingerprint density at radius 2 is 2.00 bits per heavy atom. The SMILES string of the molecule is CN(C)c1nc(-c2ccc(Cl)cc2)c2n1C=CNC2.